The molecule has 2 fully saturated rings. The van der Waals surface area contributed by atoms with Crippen LogP contribution in [0.2, 0.25) is 0 Å². The van der Waals surface area contributed by atoms with Crippen molar-refractivity contribution >= 4 is 5.91 Å². The van der Waals surface area contributed by atoms with Crippen LogP contribution in [-0.2, 0) is 11.8 Å². The molecule has 1 N–H and O–H groups in total. The van der Waals surface area contributed by atoms with E-state index in [4.69, 9.17) is 0 Å². The molecule has 5 atom stereocenters. The summed E-state index contributed by atoms with van der Waals surface area (Å²) in [5.74, 6) is 1.89. The Morgan fingerprint density at radius 2 is 1.89 bits per heavy atom. The number of nitrogens with zero attached hydrogens (tertiary/aromatic N) is 3. The van der Waals surface area contributed by atoms with Crippen LogP contribution in [0.3, 0.4) is 0 Å². The lowest BCUT2D eigenvalue weighted by molar-refractivity contribution is -0.127. The van der Waals surface area contributed by atoms with Crippen molar-refractivity contribution in [1.29, 1.82) is 0 Å². The molecule has 1 saturated heterocycles. The largest absolute Gasteiger partial charge is 0.338 e. The molecule has 0 radical (unpaired) electrons. The van der Waals surface area contributed by atoms with E-state index in [1.54, 1.807) is 0 Å². The van der Waals surface area contributed by atoms with Crippen LogP contribution in [0.25, 0.3) is 0 Å². The maximum absolute atomic E-state index is 12.4. The molecule has 2 heterocycles. The first-order valence-corrected chi connectivity index (χ1v) is 10.5. The van der Waals surface area contributed by atoms with E-state index in [-0.39, 0.29) is 11.9 Å². The normalized spacial score (nSPS) is 30.8. The van der Waals surface area contributed by atoms with Gasteiger partial charge in [0.05, 0.1) is 12.2 Å². The Bertz CT molecular complexity index is 802. The maximum Gasteiger partial charge on any atom is 0.223 e. The van der Waals surface area contributed by atoms with Gasteiger partial charge in [0.2, 0.25) is 5.91 Å². The van der Waals surface area contributed by atoms with Gasteiger partial charge in [0.15, 0.2) is 0 Å². The van der Waals surface area contributed by atoms with E-state index in [1.807, 2.05) is 36.1 Å². The number of benzene rings is 1. The van der Waals surface area contributed by atoms with Gasteiger partial charge in [-0.1, -0.05) is 37.3 Å². The molecule has 5 heteroatoms. The molecular weight excluding hydrogens is 348 g/mol. The van der Waals surface area contributed by atoms with Crippen molar-refractivity contribution in [2.45, 2.75) is 50.6 Å². The van der Waals surface area contributed by atoms with Crippen LogP contribution in [0.15, 0.2) is 42.7 Å². The third kappa shape index (κ3) is 4.00. The first-order valence-electron chi connectivity index (χ1n) is 10.5. The summed E-state index contributed by atoms with van der Waals surface area (Å²) < 4.78 is 1.82. The zero-order valence-electron chi connectivity index (χ0n) is 17.2. The fraction of sp³-hybridized carbons (Fsp3) is 0.565. The van der Waals surface area contributed by atoms with Gasteiger partial charge in [-0.2, -0.15) is 5.10 Å². The second kappa shape index (κ2) is 8.08. The smallest absolute Gasteiger partial charge is 0.223 e. The monoisotopic (exact) mass is 380 g/mol. The van der Waals surface area contributed by atoms with Crippen LogP contribution >= 0.6 is 0 Å². The summed E-state index contributed by atoms with van der Waals surface area (Å²) >= 11 is 0. The van der Waals surface area contributed by atoms with Crippen LogP contribution < -0.4 is 5.32 Å². The van der Waals surface area contributed by atoms with Crippen molar-refractivity contribution in [1.82, 2.24) is 20.0 Å². The van der Waals surface area contributed by atoms with E-state index in [0.717, 1.165) is 18.0 Å². The Balaban J connectivity index is 1.42. The molecule has 1 saturated carbocycles. The van der Waals surface area contributed by atoms with Gasteiger partial charge in [-0.3, -0.25) is 9.48 Å². The molecular formula is C23H32N4O. The number of carbonyl (C=O) groups excluding carboxylic acids is 1. The summed E-state index contributed by atoms with van der Waals surface area (Å²) in [7, 11) is 3.86. The minimum atomic E-state index is 0.125. The molecule has 0 spiro atoms. The van der Waals surface area contributed by atoms with Gasteiger partial charge in [-0.15, -0.1) is 0 Å². The number of aryl methyl sites for hydroxylation is 1. The minimum Gasteiger partial charge on any atom is -0.338 e. The van der Waals surface area contributed by atoms with Crippen molar-refractivity contribution < 1.29 is 4.79 Å². The number of hydrogen-bond acceptors (Lipinski definition) is 3. The minimum absolute atomic E-state index is 0.125. The Morgan fingerprint density at radius 1 is 1.11 bits per heavy atom. The Labute approximate surface area is 168 Å². The lowest BCUT2D eigenvalue weighted by atomic mass is 9.76. The number of rotatable bonds is 5. The highest BCUT2D eigenvalue weighted by atomic mass is 16.2. The molecule has 1 aromatic heterocycles. The number of nitrogens with one attached hydrogen (secondary N) is 1. The second-order valence-corrected chi connectivity index (χ2v) is 8.89. The van der Waals surface area contributed by atoms with Crippen LogP contribution in [-0.4, -0.2) is 40.2 Å². The highest BCUT2D eigenvalue weighted by molar-refractivity contribution is 5.79. The molecule has 1 aromatic carbocycles. The van der Waals surface area contributed by atoms with E-state index in [2.05, 4.69) is 47.7 Å². The summed E-state index contributed by atoms with van der Waals surface area (Å²) in [6.07, 6.45) is 8.24. The van der Waals surface area contributed by atoms with Crippen molar-refractivity contribution in [3.63, 3.8) is 0 Å². The zero-order chi connectivity index (χ0) is 19.7. The fourth-order valence-corrected chi connectivity index (χ4v) is 5.31. The third-order valence-corrected chi connectivity index (χ3v) is 6.64. The van der Waals surface area contributed by atoms with E-state index < -0.39 is 0 Å². The lowest BCUT2D eigenvalue weighted by Crippen LogP contribution is -2.39. The Morgan fingerprint density at radius 3 is 2.61 bits per heavy atom. The predicted octanol–water partition coefficient (Wildman–Crippen LogP) is 3.50. The van der Waals surface area contributed by atoms with Crippen molar-refractivity contribution in [2.75, 3.05) is 13.6 Å². The number of likely N-dealkylation sites (tertiary alicyclic amines) is 1. The number of aromatic nitrogens is 2. The average molecular weight is 381 g/mol. The topological polar surface area (TPSA) is 50.2 Å². The van der Waals surface area contributed by atoms with Gasteiger partial charge in [-0.05, 0) is 36.7 Å². The summed E-state index contributed by atoms with van der Waals surface area (Å²) in [6, 6.07) is 11.6. The predicted molar refractivity (Wildman–Crippen MR) is 111 cm³/mol. The molecule has 5 nitrogen and oxygen atoms in total. The van der Waals surface area contributed by atoms with Gasteiger partial charge in [0.25, 0.3) is 0 Å². The first-order chi connectivity index (χ1) is 13.5. The van der Waals surface area contributed by atoms with E-state index in [9.17, 15) is 4.79 Å². The summed E-state index contributed by atoms with van der Waals surface area (Å²) in [6.45, 7) is 3.25. The van der Waals surface area contributed by atoms with E-state index in [1.165, 1.54) is 24.8 Å². The molecule has 2 aliphatic rings. The molecule has 1 aliphatic heterocycles. The fourth-order valence-electron chi connectivity index (χ4n) is 5.31. The highest BCUT2D eigenvalue weighted by Crippen LogP contribution is 2.38. The SMILES string of the molecule is CC1CC(NC[C@@H]2CC(=O)N(C)[C@H]2c2cnn(C)c2)CC(c2ccccc2)C1. The third-order valence-electron chi connectivity index (χ3n) is 6.64. The average Bonchev–Trinajstić information content (AvgIpc) is 3.23. The second-order valence-electron chi connectivity index (χ2n) is 8.89. The van der Waals surface area contributed by atoms with Gasteiger partial charge in [0, 0.05) is 50.8 Å². The summed E-state index contributed by atoms with van der Waals surface area (Å²) in [5, 5.41) is 8.15. The quantitative estimate of drug-likeness (QED) is 0.864. The number of amides is 1. The molecule has 1 amide bonds. The van der Waals surface area contributed by atoms with E-state index in [0.29, 0.717) is 24.3 Å². The zero-order valence-corrected chi connectivity index (χ0v) is 17.2. The van der Waals surface area contributed by atoms with Crippen molar-refractivity contribution in [3.05, 3.63) is 53.9 Å². The van der Waals surface area contributed by atoms with Crippen LogP contribution in [0, 0.1) is 11.8 Å². The molecule has 28 heavy (non-hydrogen) atoms. The Kier molecular flexibility index (Phi) is 5.54. The standard InChI is InChI=1S/C23H32N4O/c1-16-9-18(17-7-5-4-6-8-17)11-21(10-16)24-13-19-12-22(28)27(3)23(19)20-14-25-26(2)15-20/h4-8,14-16,18-19,21,23-24H,9-13H2,1-3H3/t16?,18?,19-,21?,23+/m0/s1. The van der Waals surface area contributed by atoms with Crippen molar-refractivity contribution in [3.8, 4) is 0 Å². The molecule has 2 aromatic rings. The molecule has 3 unspecified atom stereocenters. The van der Waals surface area contributed by atoms with Crippen LogP contribution in [0.4, 0.5) is 0 Å². The molecule has 1 aliphatic carbocycles. The van der Waals surface area contributed by atoms with Crippen molar-refractivity contribution in [2.24, 2.45) is 18.9 Å². The molecule has 4 rings (SSSR count). The summed E-state index contributed by atoms with van der Waals surface area (Å²) in [4.78, 5) is 14.3. The lowest BCUT2D eigenvalue weighted by Gasteiger charge is -2.35. The van der Waals surface area contributed by atoms with Gasteiger partial charge >= 0.3 is 0 Å². The molecule has 0 bridgehead atoms. The summed E-state index contributed by atoms with van der Waals surface area (Å²) in [5.41, 5.74) is 2.60. The van der Waals surface area contributed by atoms with Gasteiger partial charge < -0.3 is 10.2 Å². The maximum atomic E-state index is 12.4. The number of hydrogen-bond donors (Lipinski definition) is 1. The van der Waals surface area contributed by atoms with Gasteiger partial charge in [0.1, 0.15) is 0 Å². The van der Waals surface area contributed by atoms with Crippen LogP contribution in [0.1, 0.15) is 55.7 Å². The number of carbonyl (C=O) groups is 1. The van der Waals surface area contributed by atoms with E-state index >= 15 is 0 Å². The Hall–Kier alpha value is -2.14. The first kappa shape index (κ1) is 19.2. The van der Waals surface area contributed by atoms with Crippen LogP contribution in [0.5, 0.6) is 0 Å². The molecule has 150 valence electrons. The van der Waals surface area contributed by atoms with Gasteiger partial charge in [-0.25, -0.2) is 0 Å². The highest BCUT2D eigenvalue weighted by Gasteiger charge is 2.39.